The average Bonchev–Trinajstić information content (AvgIpc) is 2.29. The van der Waals surface area contributed by atoms with Gasteiger partial charge >= 0.3 is 5.97 Å². The molecule has 0 heterocycles. The van der Waals surface area contributed by atoms with E-state index in [2.05, 4.69) is 10.0 Å². The summed E-state index contributed by atoms with van der Waals surface area (Å²) in [5, 5.41) is 11.4. The molecule has 1 rings (SSSR count). The van der Waals surface area contributed by atoms with Crippen molar-refractivity contribution in [1.82, 2.24) is 5.32 Å². The van der Waals surface area contributed by atoms with Gasteiger partial charge in [0.05, 0.1) is 17.9 Å². The maximum atomic E-state index is 11.7. The van der Waals surface area contributed by atoms with Crippen molar-refractivity contribution in [2.75, 3.05) is 17.5 Å². The second-order valence-corrected chi connectivity index (χ2v) is 5.59. The van der Waals surface area contributed by atoms with Gasteiger partial charge in [0.2, 0.25) is 10.0 Å². The van der Waals surface area contributed by atoms with Gasteiger partial charge in [0.25, 0.3) is 0 Å². The Morgan fingerprint density at radius 3 is 2.61 bits per heavy atom. The SMILES string of the molecule is CNCc1ccccc1NS(=O)(=O)CCC(=O)O. The second-order valence-electron chi connectivity index (χ2n) is 3.75. The largest absolute Gasteiger partial charge is 0.481 e. The lowest BCUT2D eigenvalue weighted by Crippen LogP contribution is -2.20. The van der Waals surface area contributed by atoms with Crippen LogP contribution < -0.4 is 10.0 Å². The molecule has 0 aliphatic heterocycles. The molecule has 1 aromatic carbocycles. The van der Waals surface area contributed by atoms with Crippen LogP contribution in [0.25, 0.3) is 0 Å². The number of hydrogen-bond acceptors (Lipinski definition) is 4. The number of aliphatic carboxylic acids is 1. The molecule has 0 fully saturated rings. The molecule has 0 saturated heterocycles. The number of anilines is 1. The molecule has 0 radical (unpaired) electrons. The molecule has 0 aromatic heterocycles. The Kier molecular flexibility index (Phi) is 5.11. The standard InChI is InChI=1S/C11H16N2O4S/c1-12-8-9-4-2-3-5-10(9)13-18(16,17)7-6-11(14)15/h2-5,12-13H,6-8H2,1H3,(H,14,15). The predicted molar refractivity (Wildman–Crippen MR) is 68.9 cm³/mol. The number of nitrogens with one attached hydrogen (secondary N) is 2. The van der Waals surface area contributed by atoms with Crippen LogP contribution in [0.4, 0.5) is 5.69 Å². The smallest absolute Gasteiger partial charge is 0.304 e. The van der Waals surface area contributed by atoms with Crippen LogP contribution in [0, 0.1) is 0 Å². The molecule has 0 unspecified atom stereocenters. The monoisotopic (exact) mass is 272 g/mol. The van der Waals surface area contributed by atoms with Gasteiger partial charge in [-0.15, -0.1) is 0 Å². The molecule has 0 saturated carbocycles. The minimum atomic E-state index is -3.63. The zero-order chi connectivity index (χ0) is 13.6. The molecule has 100 valence electrons. The summed E-state index contributed by atoms with van der Waals surface area (Å²) in [6, 6.07) is 6.96. The van der Waals surface area contributed by atoms with Crippen LogP contribution in [0.2, 0.25) is 0 Å². The first kappa shape index (κ1) is 14.5. The Bertz CT molecular complexity index is 514. The Labute approximate surface area is 106 Å². The number of benzene rings is 1. The molecule has 3 N–H and O–H groups in total. The molecule has 6 nitrogen and oxygen atoms in total. The normalized spacial score (nSPS) is 11.2. The lowest BCUT2D eigenvalue weighted by molar-refractivity contribution is -0.136. The van der Waals surface area contributed by atoms with Crippen LogP contribution in [0.15, 0.2) is 24.3 Å². The van der Waals surface area contributed by atoms with E-state index in [0.717, 1.165) is 5.56 Å². The number of hydrogen-bond donors (Lipinski definition) is 3. The zero-order valence-corrected chi connectivity index (χ0v) is 10.8. The highest BCUT2D eigenvalue weighted by Gasteiger charge is 2.14. The van der Waals surface area contributed by atoms with E-state index in [4.69, 9.17) is 5.11 Å². The predicted octanol–water partition coefficient (Wildman–Crippen LogP) is 0.622. The summed E-state index contributed by atoms with van der Waals surface area (Å²) >= 11 is 0. The molecule has 1 aromatic rings. The molecular weight excluding hydrogens is 256 g/mol. The molecule has 0 aliphatic carbocycles. The minimum absolute atomic E-state index is 0.413. The third-order valence-corrected chi connectivity index (χ3v) is 3.51. The first-order valence-electron chi connectivity index (χ1n) is 5.39. The van der Waals surface area contributed by atoms with Gasteiger partial charge in [-0.3, -0.25) is 9.52 Å². The first-order chi connectivity index (χ1) is 8.44. The third kappa shape index (κ3) is 4.72. The van der Waals surface area contributed by atoms with Crippen molar-refractivity contribution in [3.8, 4) is 0 Å². The van der Waals surface area contributed by atoms with Crippen molar-refractivity contribution in [3.63, 3.8) is 0 Å². The van der Waals surface area contributed by atoms with Crippen molar-refractivity contribution in [1.29, 1.82) is 0 Å². The Morgan fingerprint density at radius 1 is 1.33 bits per heavy atom. The summed E-state index contributed by atoms with van der Waals surface area (Å²) in [7, 11) is -1.87. The molecule has 0 atom stereocenters. The van der Waals surface area contributed by atoms with E-state index in [9.17, 15) is 13.2 Å². The van der Waals surface area contributed by atoms with Gasteiger partial charge < -0.3 is 10.4 Å². The topological polar surface area (TPSA) is 95.5 Å². The van der Waals surface area contributed by atoms with Crippen LogP contribution in [-0.4, -0.2) is 32.3 Å². The van der Waals surface area contributed by atoms with Crippen LogP contribution >= 0.6 is 0 Å². The summed E-state index contributed by atoms with van der Waals surface area (Å²) in [6.45, 7) is 0.525. The van der Waals surface area contributed by atoms with E-state index in [1.54, 1.807) is 25.2 Å². The number of carboxylic acids is 1. The molecular formula is C11H16N2O4S. The average molecular weight is 272 g/mol. The van der Waals surface area contributed by atoms with E-state index in [-0.39, 0.29) is 0 Å². The van der Waals surface area contributed by atoms with Crippen molar-refractivity contribution in [2.24, 2.45) is 0 Å². The van der Waals surface area contributed by atoms with Crippen LogP contribution in [0.3, 0.4) is 0 Å². The van der Waals surface area contributed by atoms with Crippen LogP contribution in [-0.2, 0) is 21.4 Å². The minimum Gasteiger partial charge on any atom is -0.481 e. The van der Waals surface area contributed by atoms with Crippen LogP contribution in [0.5, 0.6) is 0 Å². The molecule has 0 spiro atoms. The summed E-state index contributed by atoms with van der Waals surface area (Å²) in [5.74, 6) is -1.57. The van der Waals surface area contributed by atoms with Gasteiger partial charge in [0.15, 0.2) is 0 Å². The summed E-state index contributed by atoms with van der Waals surface area (Å²) in [4.78, 5) is 10.4. The highest BCUT2D eigenvalue weighted by Crippen LogP contribution is 2.16. The first-order valence-corrected chi connectivity index (χ1v) is 7.04. The fourth-order valence-corrected chi connectivity index (χ4v) is 2.48. The van der Waals surface area contributed by atoms with Crippen molar-refractivity contribution >= 4 is 21.7 Å². The Morgan fingerprint density at radius 2 is 2.00 bits per heavy atom. The summed E-state index contributed by atoms with van der Waals surface area (Å²) in [5.41, 5.74) is 1.27. The second kappa shape index (κ2) is 6.36. The van der Waals surface area contributed by atoms with E-state index in [1.807, 2.05) is 6.07 Å². The van der Waals surface area contributed by atoms with E-state index in [1.165, 1.54) is 0 Å². The number of rotatable bonds is 7. The number of carbonyl (C=O) groups is 1. The van der Waals surface area contributed by atoms with Crippen molar-refractivity contribution in [3.05, 3.63) is 29.8 Å². The highest BCUT2D eigenvalue weighted by molar-refractivity contribution is 7.92. The maximum Gasteiger partial charge on any atom is 0.304 e. The molecule has 7 heteroatoms. The van der Waals surface area contributed by atoms with E-state index >= 15 is 0 Å². The fraction of sp³-hybridized carbons (Fsp3) is 0.364. The van der Waals surface area contributed by atoms with Crippen LogP contribution in [0.1, 0.15) is 12.0 Å². The lowest BCUT2D eigenvalue weighted by atomic mass is 10.2. The zero-order valence-electron chi connectivity index (χ0n) is 10.0. The van der Waals surface area contributed by atoms with Gasteiger partial charge in [0.1, 0.15) is 0 Å². The van der Waals surface area contributed by atoms with Gasteiger partial charge in [-0.2, -0.15) is 0 Å². The number of sulfonamides is 1. The van der Waals surface area contributed by atoms with Crippen molar-refractivity contribution < 1.29 is 18.3 Å². The van der Waals surface area contributed by atoms with E-state index < -0.39 is 28.2 Å². The van der Waals surface area contributed by atoms with E-state index in [0.29, 0.717) is 12.2 Å². The summed E-state index contributed by atoms with van der Waals surface area (Å²) in [6.07, 6.45) is -0.413. The number of carboxylic acid groups (broad SMARTS) is 1. The Hall–Kier alpha value is -1.60. The maximum absolute atomic E-state index is 11.7. The van der Waals surface area contributed by atoms with Crippen molar-refractivity contribution in [2.45, 2.75) is 13.0 Å². The fourth-order valence-electron chi connectivity index (χ4n) is 1.40. The third-order valence-electron chi connectivity index (χ3n) is 2.23. The molecule has 0 aliphatic rings. The number of para-hydroxylation sites is 1. The quantitative estimate of drug-likeness (QED) is 0.676. The van der Waals surface area contributed by atoms with Gasteiger partial charge in [0, 0.05) is 6.54 Å². The molecule has 18 heavy (non-hydrogen) atoms. The molecule has 0 bridgehead atoms. The Balaban J connectivity index is 2.80. The van der Waals surface area contributed by atoms with Gasteiger partial charge in [-0.25, -0.2) is 8.42 Å². The van der Waals surface area contributed by atoms with Gasteiger partial charge in [-0.1, -0.05) is 18.2 Å². The molecule has 0 amide bonds. The van der Waals surface area contributed by atoms with Gasteiger partial charge in [-0.05, 0) is 18.7 Å². The lowest BCUT2D eigenvalue weighted by Gasteiger charge is -2.11. The summed E-state index contributed by atoms with van der Waals surface area (Å²) < 4.78 is 25.7. The highest BCUT2D eigenvalue weighted by atomic mass is 32.2.